The number of nitrogens with one attached hydrogen (secondary N) is 1. The molecular weight excluding hydrogens is 352 g/mol. The molecule has 6 nitrogen and oxygen atoms in total. The number of carbonyl (C=O) groups excluding carboxylic acids is 1. The molecule has 0 saturated carbocycles. The van der Waals surface area contributed by atoms with Gasteiger partial charge >= 0.3 is 0 Å². The fourth-order valence-corrected chi connectivity index (χ4v) is 4.29. The van der Waals surface area contributed by atoms with Gasteiger partial charge in [-0.05, 0) is 31.5 Å². The minimum atomic E-state index is -1.01. The minimum Gasteiger partial charge on any atom is -0.384 e. The molecule has 26 heavy (non-hydrogen) atoms. The normalized spacial score (nSPS) is 30.3. The van der Waals surface area contributed by atoms with Gasteiger partial charge in [-0.3, -0.25) is 10.2 Å². The Balaban J connectivity index is 0.00000196. The average molecular weight is 375 g/mol. The zero-order chi connectivity index (χ0) is 17.8. The lowest BCUT2D eigenvalue weighted by Crippen LogP contribution is -2.71. The van der Waals surface area contributed by atoms with Crippen LogP contribution in [-0.2, 0) is 0 Å². The largest absolute Gasteiger partial charge is 0.384 e. The fourth-order valence-electron chi connectivity index (χ4n) is 4.29. The first-order chi connectivity index (χ1) is 11.9. The number of allylic oxidation sites excluding steroid dienone is 2. The molecule has 138 valence electrons. The summed E-state index contributed by atoms with van der Waals surface area (Å²) in [4.78, 5) is 16.3. The van der Waals surface area contributed by atoms with Crippen LogP contribution in [0.25, 0.3) is 0 Å². The Bertz CT molecular complexity index is 824. The number of amides is 1. The zero-order valence-electron chi connectivity index (χ0n) is 14.6. The predicted molar refractivity (Wildman–Crippen MR) is 105 cm³/mol. The van der Waals surface area contributed by atoms with Crippen LogP contribution >= 0.6 is 12.4 Å². The summed E-state index contributed by atoms with van der Waals surface area (Å²) in [6, 6.07) is 5.57. The molecule has 2 bridgehead atoms. The summed E-state index contributed by atoms with van der Waals surface area (Å²) in [5.41, 5.74) is 3.25. The van der Waals surface area contributed by atoms with E-state index in [0.29, 0.717) is 12.0 Å². The molecule has 2 heterocycles. The lowest BCUT2D eigenvalue weighted by Gasteiger charge is -2.57. The number of hydrogen-bond acceptors (Lipinski definition) is 5. The Morgan fingerprint density at radius 3 is 2.77 bits per heavy atom. The third-order valence-electron chi connectivity index (χ3n) is 5.73. The number of rotatable bonds is 4. The van der Waals surface area contributed by atoms with Gasteiger partial charge in [0.15, 0.2) is 0 Å². The van der Waals surface area contributed by atoms with Gasteiger partial charge in [0, 0.05) is 5.56 Å². The van der Waals surface area contributed by atoms with E-state index in [4.69, 9.17) is 5.84 Å². The van der Waals surface area contributed by atoms with Gasteiger partial charge in [-0.15, -0.1) is 19.0 Å². The summed E-state index contributed by atoms with van der Waals surface area (Å²) in [6.45, 7) is 6.62. The number of hydrogen-bond donors (Lipinski definition) is 3. The molecule has 7 heteroatoms. The Kier molecular flexibility index (Phi) is 4.38. The molecule has 1 fully saturated rings. The molecule has 3 aliphatic rings. The van der Waals surface area contributed by atoms with E-state index >= 15 is 0 Å². The van der Waals surface area contributed by atoms with Crippen molar-refractivity contribution in [3.05, 3.63) is 60.7 Å². The Morgan fingerprint density at radius 2 is 2.08 bits per heavy atom. The van der Waals surface area contributed by atoms with Crippen molar-refractivity contribution >= 4 is 29.7 Å². The van der Waals surface area contributed by atoms with E-state index in [1.807, 2.05) is 30.4 Å². The van der Waals surface area contributed by atoms with Crippen molar-refractivity contribution in [1.29, 1.82) is 0 Å². The molecule has 1 amide bonds. The van der Waals surface area contributed by atoms with Crippen molar-refractivity contribution in [2.45, 2.75) is 25.1 Å². The Labute approximate surface area is 159 Å². The maximum absolute atomic E-state index is 11.8. The third kappa shape index (κ3) is 2.23. The zero-order valence-corrected chi connectivity index (χ0v) is 15.4. The molecule has 0 spiro atoms. The first kappa shape index (κ1) is 18.5. The number of aliphatic hydroxyl groups is 1. The SMILES string of the molecule is C=CCC1(O)C=CC=CC1(C)C1N2CN1c1cc(C(=O)NN)ccc12.Cl. The van der Waals surface area contributed by atoms with E-state index in [1.165, 1.54) is 0 Å². The Hall–Kier alpha value is -2.28. The molecule has 3 unspecified atom stereocenters. The number of anilines is 2. The van der Waals surface area contributed by atoms with Crippen LogP contribution in [0.1, 0.15) is 23.7 Å². The van der Waals surface area contributed by atoms with E-state index in [-0.39, 0.29) is 24.5 Å². The maximum Gasteiger partial charge on any atom is 0.265 e. The highest BCUT2D eigenvalue weighted by Crippen LogP contribution is 2.56. The molecule has 1 aromatic carbocycles. The molecule has 2 aliphatic heterocycles. The monoisotopic (exact) mass is 374 g/mol. The van der Waals surface area contributed by atoms with Crippen LogP contribution in [0.4, 0.5) is 11.4 Å². The van der Waals surface area contributed by atoms with E-state index < -0.39 is 11.0 Å². The van der Waals surface area contributed by atoms with Gasteiger partial charge in [-0.1, -0.05) is 30.4 Å². The number of carbonyl (C=O) groups is 1. The van der Waals surface area contributed by atoms with Gasteiger partial charge in [0.05, 0.1) is 29.1 Å². The summed E-state index contributed by atoms with van der Waals surface area (Å²) in [7, 11) is 0. The van der Waals surface area contributed by atoms with Gasteiger partial charge in [0.1, 0.15) is 6.17 Å². The number of nitrogens with zero attached hydrogens (tertiary/aromatic N) is 2. The van der Waals surface area contributed by atoms with Crippen LogP contribution in [-0.4, -0.2) is 29.4 Å². The van der Waals surface area contributed by atoms with Gasteiger partial charge in [0.25, 0.3) is 5.91 Å². The van der Waals surface area contributed by atoms with Crippen molar-refractivity contribution in [3.63, 3.8) is 0 Å². The highest BCUT2D eigenvalue weighted by atomic mass is 35.5. The van der Waals surface area contributed by atoms with Crippen LogP contribution in [0, 0.1) is 5.41 Å². The number of fused-ring (bicyclic) bond motifs is 5. The molecule has 1 aromatic rings. The number of hydrazine groups is 1. The fraction of sp³-hybridized carbons (Fsp3) is 0.316. The van der Waals surface area contributed by atoms with Crippen LogP contribution in [0.5, 0.6) is 0 Å². The van der Waals surface area contributed by atoms with Crippen molar-refractivity contribution in [2.24, 2.45) is 11.3 Å². The van der Waals surface area contributed by atoms with Crippen LogP contribution in [0.15, 0.2) is 55.2 Å². The second kappa shape index (κ2) is 6.16. The van der Waals surface area contributed by atoms with E-state index in [1.54, 1.807) is 12.1 Å². The molecule has 1 aliphatic carbocycles. The van der Waals surface area contributed by atoms with Gasteiger partial charge < -0.3 is 14.9 Å². The molecule has 3 atom stereocenters. The summed E-state index contributed by atoms with van der Waals surface area (Å²) >= 11 is 0. The van der Waals surface area contributed by atoms with Gasteiger partial charge in [-0.2, -0.15) is 0 Å². The molecule has 0 radical (unpaired) electrons. The first-order valence-electron chi connectivity index (χ1n) is 8.34. The lowest BCUT2D eigenvalue weighted by atomic mass is 9.65. The van der Waals surface area contributed by atoms with Crippen molar-refractivity contribution in [2.75, 3.05) is 16.5 Å². The summed E-state index contributed by atoms with van der Waals surface area (Å²) in [5.74, 6) is 4.94. The second-order valence-electron chi connectivity index (χ2n) is 7.05. The number of halogens is 1. The van der Waals surface area contributed by atoms with Crippen LogP contribution in [0.2, 0.25) is 0 Å². The number of nitrogens with two attached hydrogens (primary N) is 1. The third-order valence-corrected chi connectivity index (χ3v) is 5.73. The molecule has 4 rings (SSSR count). The average Bonchev–Trinajstić information content (AvgIpc) is 3.10. The highest BCUT2D eigenvalue weighted by molar-refractivity contribution is 5.97. The summed E-state index contributed by atoms with van der Waals surface area (Å²) in [5, 5.41) is 11.3. The number of nitrogen functional groups attached to an aromatic ring is 1. The van der Waals surface area contributed by atoms with Crippen LogP contribution < -0.4 is 21.1 Å². The first-order valence-corrected chi connectivity index (χ1v) is 8.34. The second-order valence-corrected chi connectivity index (χ2v) is 7.05. The predicted octanol–water partition coefficient (Wildman–Crippen LogP) is 2.07. The van der Waals surface area contributed by atoms with E-state index in [2.05, 4.69) is 34.8 Å². The van der Waals surface area contributed by atoms with E-state index in [9.17, 15) is 9.90 Å². The molecule has 4 N–H and O–H groups in total. The molecule has 1 saturated heterocycles. The Morgan fingerprint density at radius 1 is 1.38 bits per heavy atom. The van der Waals surface area contributed by atoms with Gasteiger partial charge in [-0.25, -0.2) is 5.84 Å². The van der Waals surface area contributed by atoms with E-state index in [0.717, 1.165) is 18.0 Å². The van der Waals surface area contributed by atoms with Crippen molar-refractivity contribution in [1.82, 2.24) is 5.43 Å². The summed E-state index contributed by atoms with van der Waals surface area (Å²) in [6.07, 6.45) is 10.0. The van der Waals surface area contributed by atoms with Crippen molar-refractivity contribution in [3.8, 4) is 0 Å². The standard InChI is InChI=1S/C19H22N4O2.ClH/c1-3-8-19(25)10-5-4-9-18(19,2)17-22-12-23(17)15-11-13(16(24)21-20)6-7-14(15)22;/h3-7,9-11,17,25H,1,8,12,20H2,2H3,(H,21,24);1H. The minimum absolute atomic E-state index is 0. The number of benzene rings is 1. The smallest absolute Gasteiger partial charge is 0.265 e. The van der Waals surface area contributed by atoms with Crippen molar-refractivity contribution < 1.29 is 9.90 Å². The topological polar surface area (TPSA) is 81.8 Å². The molecule has 0 aromatic heterocycles. The van der Waals surface area contributed by atoms with Gasteiger partial charge in [0.2, 0.25) is 0 Å². The van der Waals surface area contributed by atoms with Crippen LogP contribution in [0.3, 0.4) is 0 Å². The maximum atomic E-state index is 11.8. The summed E-state index contributed by atoms with van der Waals surface area (Å²) < 4.78 is 0. The lowest BCUT2D eigenvalue weighted by molar-refractivity contribution is -0.0282. The quantitative estimate of drug-likeness (QED) is 0.325. The highest BCUT2D eigenvalue weighted by Gasteiger charge is 2.60. The molecular formula is C19H23ClN4O2.